The normalized spacial score (nSPS) is 26.4. The summed E-state index contributed by atoms with van der Waals surface area (Å²) in [5.74, 6) is 0.0163. The Labute approximate surface area is 141 Å². The molecule has 2 fully saturated rings. The van der Waals surface area contributed by atoms with E-state index in [1.54, 1.807) is 18.2 Å². The van der Waals surface area contributed by atoms with Crippen molar-refractivity contribution in [2.45, 2.75) is 44.6 Å². The number of rotatable bonds is 1. The number of benzene rings is 1. The molecule has 3 amide bonds. The van der Waals surface area contributed by atoms with Crippen LogP contribution in [0.2, 0.25) is 0 Å². The second-order valence-corrected chi connectivity index (χ2v) is 7.18. The van der Waals surface area contributed by atoms with Gasteiger partial charge in [0.2, 0.25) is 0 Å². The van der Waals surface area contributed by atoms with Crippen LogP contribution in [0.5, 0.6) is 0 Å². The Bertz CT molecular complexity index is 725. The van der Waals surface area contributed by atoms with Crippen LogP contribution < -0.4 is 0 Å². The fourth-order valence-corrected chi connectivity index (χ4v) is 4.54. The maximum absolute atomic E-state index is 13.0. The molecule has 0 N–H and O–H groups in total. The number of carbonyl (C=O) groups is 3. The molecule has 2 atom stereocenters. The summed E-state index contributed by atoms with van der Waals surface area (Å²) in [6, 6.07) is 5.26. The van der Waals surface area contributed by atoms with Gasteiger partial charge in [-0.2, -0.15) is 0 Å². The minimum Gasteiger partial charge on any atom is -0.335 e. The Morgan fingerprint density at radius 1 is 1.00 bits per heavy atom. The summed E-state index contributed by atoms with van der Waals surface area (Å²) >= 11 is 0. The van der Waals surface area contributed by atoms with E-state index in [2.05, 4.69) is 0 Å². The number of hydrogen-bond donors (Lipinski definition) is 0. The molecule has 1 aromatic rings. The zero-order valence-electron chi connectivity index (χ0n) is 14.0. The molecule has 5 nitrogen and oxygen atoms in total. The zero-order valence-corrected chi connectivity index (χ0v) is 14.0. The first-order valence-electron chi connectivity index (χ1n) is 8.85. The number of fused-ring (bicyclic) bond motifs is 2. The summed E-state index contributed by atoms with van der Waals surface area (Å²) in [6.45, 7) is 0.796. The lowest BCUT2D eigenvalue weighted by Gasteiger charge is -2.44. The summed E-state index contributed by atoms with van der Waals surface area (Å²) in [5, 5.41) is 0. The van der Waals surface area contributed by atoms with Crippen molar-refractivity contribution < 1.29 is 14.4 Å². The van der Waals surface area contributed by atoms with Gasteiger partial charge in [-0.3, -0.25) is 19.3 Å². The van der Waals surface area contributed by atoms with Gasteiger partial charge >= 0.3 is 0 Å². The lowest BCUT2D eigenvalue weighted by atomic mass is 9.78. The predicted molar refractivity (Wildman–Crippen MR) is 88.9 cm³/mol. The first kappa shape index (κ1) is 15.4. The average molecular weight is 326 g/mol. The average Bonchev–Trinajstić information content (AvgIpc) is 2.84. The molecule has 2 heterocycles. The maximum atomic E-state index is 13.0. The van der Waals surface area contributed by atoms with Gasteiger partial charge in [0.1, 0.15) is 0 Å². The molecule has 4 rings (SSSR count). The van der Waals surface area contributed by atoms with Crippen LogP contribution in [0.1, 0.15) is 69.6 Å². The summed E-state index contributed by atoms with van der Waals surface area (Å²) in [7, 11) is 1.48. The van der Waals surface area contributed by atoms with E-state index >= 15 is 0 Å². The number of imide groups is 1. The lowest BCUT2D eigenvalue weighted by Crippen LogP contribution is -2.49. The van der Waals surface area contributed by atoms with Crippen molar-refractivity contribution in [1.82, 2.24) is 9.80 Å². The minimum absolute atomic E-state index is 0.00389. The minimum atomic E-state index is -0.321. The standard InChI is InChI=1S/C19H22N2O3/c1-20-18(23)14-9-8-13(11-15(14)19(20)24)17(22)21-10-4-6-12-5-2-3-7-16(12)21/h8-9,11-12,16H,2-7,10H2,1H3/t12-,16-/m1/s1. The van der Waals surface area contributed by atoms with Gasteiger partial charge in [0.25, 0.3) is 17.7 Å². The molecular formula is C19H22N2O3. The Hall–Kier alpha value is -2.17. The third-order valence-electron chi connectivity index (χ3n) is 5.84. The summed E-state index contributed by atoms with van der Waals surface area (Å²) in [4.78, 5) is 40.3. The molecular weight excluding hydrogens is 304 g/mol. The van der Waals surface area contributed by atoms with Gasteiger partial charge < -0.3 is 4.90 Å². The number of likely N-dealkylation sites (tertiary alicyclic amines) is 1. The van der Waals surface area contributed by atoms with Crippen LogP contribution in [0, 0.1) is 5.92 Å². The van der Waals surface area contributed by atoms with Crippen LogP contribution in [0.25, 0.3) is 0 Å². The van der Waals surface area contributed by atoms with Crippen molar-refractivity contribution in [2.24, 2.45) is 5.92 Å². The SMILES string of the molecule is CN1C(=O)c2ccc(C(=O)N3CCC[C@H]4CCCC[C@H]43)cc2C1=O. The van der Waals surface area contributed by atoms with E-state index in [1.165, 1.54) is 32.7 Å². The van der Waals surface area contributed by atoms with Gasteiger partial charge in [-0.1, -0.05) is 12.8 Å². The molecule has 2 aliphatic heterocycles. The Balaban J connectivity index is 1.63. The van der Waals surface area contributed by atoms with Crippen molar-refractivity contribution in [3.8, 4) is 0 Å². The number of amides is 3. The van der Waals surface area contributed by atoms with E-state index in [-0.39, 0.29) is 17.7 Å². The number of carbonyl (C=O) groups excluding carboxylic acids is 3. The van der Waals surface area contributed by atoms with Gasteiger partial charge in [0.15, 0.2) is 0 Å². The molecule has 0 bridgehead atoms. The molecule has 1 aliphatic carbocycles. The summed E-state index contributed by atoms with van der Waals surface area (Å²) < 4.78 is 0. The van der Waals surface area contributed by atoms with E-state index in [0.717, 1.165) is 24.3 Å². The van der Waals surface area contributed by atoms with Crippen LogP contribution in [-0.4, -0.2) is 47.2 Å². The van der Waals surface area contributed by atoms with E-state index < -0.39 is 0 Å². The molecule has 1 saturated heterocycles. The van der Waals surface area contributed by atoms with Crippen LogP contribution in [-0.2, 0) is 0 Å². The van der Waals surface area contributed by atoms with Gasteiger partial charge in [-0.05, 0) is 49.8 Å². The molecule has 0 radical (unpaired) electrons. The lowest BCUT2D eigenvalue weighted by molar-refractivity contribution is 0.0390. The first-order chi connectivity index (χ1) is 11.6. The van der Waals surface area contributed by atoms with E-state index in [0.29, 0.717) is 28.7 Å². The third-order valence-corrected chi connectivity index (χ3v) is 5.84. The second kappa shape index (κ2) is 5.72. The highest BCUT2D eigenvalue weighted by atomic mass is 16.2. The zero-order chi connectivity index (χ0) is 16.8. The van der Waals surface area contributed by atoms with Crippen LogP contribution in [0.3, 0.4) is 0 Å². The molecule has 5 heteroatoms. The second-order valence-electron chi connectivity index (χ2n) is 7.18. The van der Waals surface area contributed by atoms with Gasteiger partial charge in [-0.15, -0.1) is 0 Å². The van der Waals surface area contributed by atoms with Gasteiger partial charge in [-0.25, -0.2) is 0 Å². The smallest absolute Gasteiger partial charge is 0.261 e. The highest BCUT2D eigenvalue weighted by Crippen LogP contribution is 2.36. The Kier molecular flexibility index (Phi) is 3.66. The van der Waals surface area contributed by atoms with Crippen molar-refractivity contribution in [1.29, 1.82) is 0 Å². The molecule has 1 aromatic carbocycles. The monoisotopic (exact) mass is 326 g/mol. The van der Waals surface area contributed by atoms with Crippen molar-refractivity contribution >= 4 is 17.7 Å². The molecule has 1 saturated carbocycles. The first-order valence-corrected chi connectivity index (χ1v) is 8.85. The fourth-order valence-electron chi connectivity index (χ4n) is 4.54. The summed E-state index contributed by atoms with van der Waals surface area (Å²) in [6.07, 6.45) is 7.03. The molecule has 0 unspecified atom stereocenters. The van der Waals surface area contributed by atoms with E-state index in [1.807, 2.05) is 4.90 Å². The largest absolute Gasteiger partial charge is 0.335 e. The van der Waals surface area contributed by atoms with Gasteiger partial charge in [0, 0.05) is 25.2 Å². The van der Waals surface area contributed by atoms with Crippen molar-refractivity contribution in [3.05, 3.63) is 34.9 Å². The van der Waals surface area contributed by atoms with Crippen LogP contribution in [0.4, 0.5) is 0 Å². The number of hydrogen-bond acceptors (Lipinski definition) is 3. The third kappa shape index (κ3) is 2.26. The Morgan fingerprint density at radius 3 is 2.54 bits per heavy atom. The number of nitrogens with zero attached hydrogens (tertiary/aromatic N) is 2. The van der Waals surface area contributed by atoms with Gasteiger partial charge in [0.05, 0.1) is 11.1 Å². The molecule has 24 heavy (non-hydrogen) atoms. The Morgan fingerprint density at radius 2 is 1.71 bits per heavy atom. The van der Waals surface area contributed by atoms with Crippen molar-refractivity contribution in [3.63, 3.8) is 0 Å². The fraction of sp³-hybridized carbons (Fsp3) is 0.526. The van der Waals surface area contributed by atoms with E-state index in [9.17, 15) is 14.4 Å². The van der Waals surface area contributed by atoms with Crippen LogP contribution >= 0.6 is 0 Å². The molecule has 126 valence electrons. The molecule has 3 aliphatic rings. The topological polar surface area (TPSA) is 57.7 Å². The predicted octanol–water partition coefficient (Wildman–Crippen LogP) is 2.71. The molecule has 0 aromatic heterocycles. The van der Waals surface area contributed by atoms with Crippen molar-refractivity contribution in [2.75, 3.05) is 13.6 Å². The summed E-state index contributed by atoms with van der Waals surface area (Å²) in [5.41, 5.74) is 1.27. The number of piperidine rings is 1. The van der Waals surface area contributed by atoms with Crippen LogP contribution in [0.15, 0.2) is 18.2 Å². The highest BCUT2D eigenvalue weighted by Gasteiger charge is 2.37. The quantitative estimate of drug-likeness (QED) is 0.746. The van der Waals surface area contributed by atoms with E-state index in [4.69, 9.17) is 0 Å². The highest BCUT2D eigenvalue weighted by molar-refractivity contribution is 6.21. The maximum Gasteiger partial charge on any atom is 0.261 e. The molecule has 0 spiro atoms.